The minimum absolute atomic E-state index is 0.581. The van der Waals surface area contributed by atoms with E-state index in [4.69, 9.17) is 4.74 Å². The van der Waals surface area contributed by atoms with Gasteiger partial charge in [-0.3, -0.25) is 0 Å². The van der Waals surface area contributed by atoms with Crippen molar-refractivity contribution in [1.29, 1.82) is 0 Å². The van der Waals surface area contributed by atoms with E-state index >= 15 is 0 Å². The van der Waals surface area contributed by atoms with Crippen molar-refractivity contribution in [3.63, 3.8) is 0 Å². The molecule has 0 amide bonds. The second kappa shape index (κ2) is 4.38. The number of fused-ring (bicyclic) bond motifs is 1. The third-order valence-electron chi connectivity index (χ3n) is 2.83. The summed E-state index contributed by atoms with van der Waals surface area (Å²) in [6.45, 7) is 3.63. The van der Waals surface area contributed by atoms with Crippen LogP contribution in [0.25, 0.3) is 10.8 Å². The zero-order chi connectivity index (χ0) is 12.5. The SMILES string of the molecule is COc1ccc2ccccc2c1CC(C)(C)O. The Morgan fingerprint density at radius 3 is 2.47 bits per heavy atom. The second-order valence-electron chi connectivity index (χ2n) is 4.96. The number of benzene rings is 2. The van der Waals surface area contributed by atoms with Crippen LogP contribution in [0.15, 0.2) is 36.4 Å². The van der Waals surface area contributed by atoms with Gasteiger partial charge in [0.05, 0.1) is 12.7 Å². The maximum absolute atomic E-state index is 9.99. The highest BCUT2D eigenvalue weighted by atomic mass is 16.5. The van der Waals surface area contributed by atoms with E-state index < -0.39 is 5.60 Å². The van der Waals surface area contributed by atoms with Gasteiger partial charge in [0.1, 0.15) is 5.75 Å². The van der Waals surface area contributed by atoms with E-state index in [1.807, 2.05) is 38.1 Å². The lowest BCUT2D eigenvalue weighted by atomic mass is 9.93. The molecule has 1 N–H and O–H groups in total. The van der Waals surface area contributed by atoms with Gasteiger partial charge in [-0.05, 0) is 30.7 Å². The zero-order valence-corrected chi connectivity index (χ0v) is 10.5. The molecule has 0 aliphatic heterocycles. The summed E-state index contributed by atoms with van der Waals surface area (Å²) >= 11 is 0. The third-order valence-corrected chi connectivity index (χ3v) is 2.83. The van der Waals surface area contributed by atoms with Crippen molar-refractivity contribution in [2.45, 2.75) is 25.9 Å². The Balaban J connectivity index is 2.63. The van der Waals surface area contributed by atoms with Crippen molar-refractivity contribution in [2.24, 2.45) is 0 Å². The first kappa shape index (κ1) is 11.9. The Kier molecular flexibility index (Phi) is 3.07. The summed E-state index contributed by atoms with van der Waals surface area (Å²) in [6, 6.07) is 12.2. The van der Waals surface area contributed by atoms with Crippen molar-refractivity contribution >= 4 is 10.8 Å². The van der Waals surface area contributed by atoms with Gasteiger partial charge >= 0.3 is 0 Å². The third kappa shape index (κ3) is 2.59. The van der Waals surface area contributed by atoms with Crippen LogP contribution >= 0.6 is 0 Å². The van der Waals surface area contributed by atoms with Gasteiger partial charge in [0.2, 0.25) is 0 Å². The number of hydrogen-bond donors (Lipinski definition) is 1. The van der Waals surface area contributed by atoms with Gasteiger partial charge in [-0.25, -0.2) is 0 Å². The normalized spacial score (nSPS) is 11.8. The molecule has 0 spiro atoms. The van der Waals surface area contributed by atoms with Crippen molar-refractivity contribution in [3.05, 3.63) is 42.0 Å². The van der Waals surface area contributed by atoms with E-state index in [-0.39, 0.29) is 0 Å². The average molecular weight is 230 g/mol. The van der Waals surface area contributed by atoms with Gasteiger partial charge in [-0.15, -0.1) is 0 Å². The van der Waals surface area contributed by atoms with Gasteiger partial charge in [-0.1, -0.05) is 30.3 Å². The topological polar surface area (TPSA) is 29.5 Å². The van der Waals surface area contributed by atoms with Gasteiger partial charge in [-0.2, -0.15) is 0 Å². The van der Waals surface area contributed by atoms with E-state index in [1.165, 1.54) is 5.39 Å². The Labute approximate surface area is 102 Å². The average Bonchev–Trinajstić information content (AvgIpc) is 2.28. The fourth-order valence-electron chi connectivity index (χ4n) is 2.12. The molecule has 2 aromatic rings. The van der Waals surface area contributed by atoms with Crippen LogP contribution in [0.2, 0.25) is 0 Å². The molecule has 0 saturated carbocycles. The molecule has 2 rings (SSSR count). The van der Waals surface area contributed by atoms with Crippen LogP contribution in [-0.2, 0) is 6.42 Å². The number of hydrogen-bond acceptors (Lipinski definition) is 2. The smallest absolute Gasteiger partial charge is 0.122 e. The molecule has 0 saturated heterocycles. The molecule has 0 atom stereocenters. The van der Waals surface area contributed by atoms with Crippen LogP contribution in [0, 0.1) is 0 Å². The van der Waals surface area contributed by atoms with E-state index in [0.717, 1.165) is 16.7 Å². The number of aliphatic hydroxyl groups is 1. The molecule has 2 nitrogen and oxygen atoms in total. The monoisotopic (exact) mass is 230 g/mol. The Hall–Kier alpha value is -1.54. The predicted octanol–water partition coefficient (Wildman–Crippen LogP) is 3.16. The quantitative estimate of drug-likeness (QED) is 0.877. The summed E-state index contributed by atoms with van der Waals surface area (Å²) in [5.41, 5.74) is 0.329. The van der Waals surface area contributed by atoms with Crippen LogP contribution in [0.5, 0.6) is 5.75 Å². The van der Waals surface area contributed by atoms with E-state index in [0.29, 0.717) is 6.42 Å². The number of ether oxygens (including phenoxy) is 1. The van der Waals surface area contributed by atoms with Gasteiger partial charge in [0, 0.05) is 12.0 Å². The molecule has 0 aliphatic rings. The molecule has 0 bridgehead atoms. The molecular weight excluding hydrogens is 212 g/mol. The van der Waals surface area contributed by atoms with Crippen molar-refractivity contribution < 1.29 is 9.84 Å². The molecule has 0 radical (unpaired) electrons. The molecule has 0 aromatic heterocycles. The molecule has 2 heteroatoms. The molecule has 90 valence electrons. The molecule has 17 heavy (non-hydrogen) atoms. The van der Waals surface area contributed by atoms with Crippen LogP contribution in [0.3, 0.4) is 0 Å². The predicted molar refractivity (Wildman–Crippen MR) is 70.5 cm³/mol. The lowest BCUT2D eigenvalue weighted by Crippen LogP contribution is -2.22. The maximum atomic E-state index is 9.99. The maximum Gasteiger partial charge on any atom is 0.122 e. The molecule has 0 fully saturated rings. The summed E-state index contributed by atoms with van der Waals surface area (Å²) in [5.74, 6) is 0.839. The summed E-state index contributed by atoms with van der Waals surface area (Å²) in [4.78, 5) is 0. The standard InChI is InChI=1S/C15H18O2/c1-15(2,16)10-13-12-7-5-4-6-11(12)8-9-14(13)17-3/h4-9,16H,10H2,1-3H3. The molecule has 2 aromatic carbocycles. The number of rotatable bonds is 3. The summed E-state index contributed by atoms with van der Waals surface area (Å²) < 4.78 is 5.39. The first-order valence-corrected chi connectivity index (χ1v) is 5.78. The summed E-state index contributed by atoms with van der Waals surface area (Å²) in [6.07, 6.45) is 0.581. The highest BCUT2D eigenvalue weighted by Gasteiger charge is 2.18. The minimum Gasteiger partial charge on any atom is -0.496 e. The number of methoxy groups -OCH3 is 1. The van der Waals surface area contributed by atoms with E-state index in [9.17, 15) is 5.11 Å². The Morgan fingerprint density at radius 2 is 1.82 bits per heavy atom. The highest BCUT2D eigenvalue weighted by molar-refractivity contribution is 5.87. The van der Waals surface area contributed by atoms with Gasteiger partial charge < -0.3 is 9.84 Å². The first-order valence-electron chi connectivity index (χ1n) is 5.78. The van der Waals surface area contributed by atoms with Crippen LogP contribution in [-0.4, -0.2) is 17.8 Å². The van der Waals surface area contributed by atoms with Gasteiger partial charge in [0.25, 0.3) is 0 Å². The Bertz CT molecular complexity index is 524. The van der Waals surface area contributed by atoms with Crippen LogP contribution in [0.4, 0.5) is 0 Å². The summed E-state index contributed by atoms with van der Waals surface area (Å²) in [7, 11) is 1.66. The van der Waals surface area contributed by atoms with Crippen molar-refractivity contribution in [3.8, 4) is 5.75 Å². The highest BCUT2D eigenvalue weighted by Crippen LogP contribution is 2.30. The first-order chi connectivity index (χ1) is 8.01. The second-order valence-corrected chi connectivity index (χ2v) is 4.96. The fraction of sp³-hybridized carbons (Fsp3) is 0.333. The van der Waals surface area contributed by atoms with Crippen molar-refractivity contribution in [2.75, 3.05) is 7.11 Å². The van der Waals surface area contributed by atoms with E-state index in [1.54, 1.807) is 7.11 Å². The Morgan fingerprint density at radius 1 is 1.12 bits per heavy atom. The molecule has 0 heterocycles. The lowest BCUT2D eigenvalue weighted by Gasteiger charge is -2.20. The summed E-state index contributed by atoms with van der Waals surface area (Å²) in [5, 5.41) is 12.3. The molecule has 0 unspecified atom stereocenters. The molecule has 0 aliphatic carbocycles. The fourth-order valence-corrected chi connectivity index (χ4v) is 2.12. The van der Waals surface area contributed by atoms with Crippen molar-refractivity contribution in [1.82, 2.24) is 0 Å². The largest absolute Gasteiger partial charge is 0.496 e. The van der Waals surface area contributed by atoms with Gasteiger partial charge in [0.15, 0.2) is 0 Å². The minimum atomic E-state index is -0.739. The molecular formula is C15H18O2. The zero-order valence-electron chi connectivity index (χ0n) is 10.5. The van der Waals surface area contributed by atoms with E-state index in [2.05, 4.69) is 12.1 Å². The van der Waals surface area contributed by atoms with Crippen LogP contribution < -0.4 is 4.74 Å². The van der Waals surface area contributed by atoms with Crippen LogP contribution in [0.1, 0.15) is 19.4 Å². The lowest BCUT2D eigenvalue weighted by molar-refractivity contribution is 0.0806.